The summed E-state index contributed by atoms with van der Waals surface area (Å²) in [6.45, 7) is 4.63. The Balaban J connectivity index is 2.41. The van der Waals surface area contributed by atoms with Gasteiger partial charge in [0.15, 0.2) is 0 Å². The smallest absolute Gasteiger partial charge is 0.313 e. The van der Waals surface area contributed by atoms with Crippen molar-refractivity contribution >= 4 is 5.97 Å². The maximum atomic E-state index is 11.2. The van der Waals surface area contributed by atoms with Crippen LogP contribution in [0.5, 0.6) is 5.75 Å². The summed E-state index contributed by atoms with van der Waals surface area (Å²) >= 11 is 0. The fourth-order valence-corrected chi connectivity index (χ4v) is 2.22. The molecule has 1 unspecified atom stereocenters. The first-order valence-electron chi connectivity index (χ1n) is 6.17. The molecular weight excluding hydrogens is 230 g/mol. The van der Waals surface area contributed by atoms with Gasteiger partial charge in [-0.25, -0.2) is 0 Å². The lowest BCUT2D eigenvalue weighted by molar-refractivity contribution is -0.142. The molecule has 0 fully saturated rings. The van der Waals surface area contributed by atoms with E-state index < -0.39 is 11.4 Å². The van der Waals surface area contributed by atoms with Crippen LogP contribution in [0, 0.1) is 0 Å². The Kier molecular flexibility index (Phi) is 3.30. The van der Waals surface area contributed by atoms with E-state index in [4.69, 9.17) is 10.5 Å². The standard InChI is InChI=1S/C14H19NO3/c1-14(2,13(16)17)10-3-4-11-9(8-15)5-6-18-12(11)7-10/h3-4,7,9H,5-6,8,15H2,1-2H3,(H,16,17). The summed E-state index contributed by atoms with van der Waals surface area (Å²) in [5.74, 6) is 0.257. The van der Waals surface area contributed by atoms with Crippen molar-refractivity contribution in [2.45, 2.75) is 31.6 Å². The van der Waals surface area contributed by atoms with Gasteiger partial charge < -0.3 is 15.6 Å². The lowest BCUT2D eigenvalue weighted by atomic mass is 9.82. The first-order valence-corrected chi connectivity index (χ1v) is 6.17. The Morgan fingerprint density at radius 3 is 2.89 bits per heavy atom. The molecule has 0 aliphatic carbocycles. The van der Waals surface area contributed by atoms with E-state index in [0.29, 0.717) is 19.1 Å². The molecule has 18 heavy (non-hydrogen) atoms. The van der Waals surface area contributed by atoms with Gasteiger partial charge in [0.05, 0.1) is 12.0 Å². The quantitative estimate of drug-likeness (QED) is 0.857. The third kappa shape index (κ3) is 2.08. The maximum Gasteiger partial charge on any atom is 0.313 e. The maximum absolute atomic E-state index is 11.2. The summed E-state index contributed by atoms with van der Waals surface area (Å²) in [5, 5.41) is 9.24. The molecule has 4 nitrogen and oxygen atoms in total. The Bertz CT molecular complexity index is 468. The number of rotatable bonds is 3. The van der Waals surface area contributed by atoms with E-state index in [1.807, 2.05) is 18.2 Å². The van der Waals surface area contributed by atoms with Crippen LogP contribution >= 0.6 is 0 Å². The molecule has 1 heterocycles. The predicted octanol–water partition coefficient (Wildman–Crippen LogP) is 1.87. The molecule has 1 aromatic rings. The van der Waals surface area contributed by atoms with Gasteiger partial charge in [-0.15, -0.1) is 0 Å². The Labute approximate surface area is 107 Å². The number of fused-ring (bicyclic) bond motifs is 1. The average Bonchev–Trinajstić information content (AvgIpc) is 2.37. The number of nitrogens with two attached hydrogens (primary N) is 1. The number of carboxylic acid groups (broad SMARTS) is 1. The molecule has 0 aromatic heterocycles. The molecular formula is C14H19NO3. The van der Waals surface area contributed by atoms with E-state index in [1.54, 1.807) is 13.8 Å². The second-order valence-corrected chi connectivity index (χ2v) is 5.25. The number of aliphatic carboxylic acids is 1. The minimum absolute atomic E-state index is 0.316. The van der Waals surface area contributed by atoms with Crippen molar-refractivity contribution in [3.05, 3.63) is 29.3 Å². The Hall–Kier alpha value is -1.55. The summed E-state index contributed by atoms with van der Waals surface area (Å²) in [5.41, 5.74) is 6.68. The highest BCUT2D eigenvalue weighted by Crippen LogP contribution is 2.36. The fraction of sp³-hybridized carbons (Fsp3) is 0.500. The first kappa shape index (κ1) is 12.9. The van der Waals surface area contributed by atoms with Gasteiger partial charge in [0.1, 0.15) is 5.75 Å². The highest BCUT2D eigenvalue weighted by Gasteiger charge is 2.31. The van der Waals surface area contributed by atoms with E-state index in [9.17, 15) is 9.90 Å². The van der Waals surface area contributed by atoms with Crippen LogP contribution in [0.4, 0.5) is 0 Å². The summed E-state index contributed by atoms with van der Waals surface area (Å²) < 4.78 is 5.62. The monoisotopic (exact) mass is 249 g/mol. The largest absolute Gasteiger partial charge is 0.493 e. The summed E-state index contributed by atoms with van der Waals surface area (Å²) in [7, 11) is 0. The molecule has 1 atom stereocenters. The van der Waals surface area contributed by atoms with Gasteiger partial charge >= 0.3 is 5.97 Å². The number of benzene rings is 1. The van der Waals surface area contributed by atoms with Crippen LogP contribution in [0.3, 0.4) is 0 Å². The molecule has 1 aliphatic heterocycles. The summed E-state index contributed by atoms with van der Waals surface area (Å²) in [6.07, 6.45) is 0.922. The minimum atomic E-state index is -0.909. The molecule has 0 amide bonds. The first-order chi connectivity index (χ1) is 8.46. The van der Waals surface area contributed by atoms with E-state index in [0.717, 1.165) is 23.3 Å². The zero-order valence-electron chi connectivity index (χ0n) is 10.8. The van der Waals surface area contributed by atoms with Crippen LogP contribution in [0.25, 0.3) is 0 Å². The predicted molar refractivity (Wildman–Crippen MR) is 69.0 cm³/mol. The zero-order chi connectivity index (χ0) is 13.3. The molecule has 1 aromatic carbocycles. The fourth-order valence-electron chi connectivity index (χ4n) is 2.22. The highest BCUT2D eigenvalue weighted by atomic mass is 16.5. The SMILES string of the molecule is CC(C)(C(=O)O)c1ccc2c(c1)OCCC2CN. The van der Waals surface area contributed by atoms with Crippen molar-refractivity contribution in [2.75, 3.05) is 13.2 Å². The van der Waals surface area contributed by atoms with Gasteiger partial charge in [0.25, 0.3) is 0 Å². The lowest BCUT2D eigenvalue weighted by Gasteiger charge is -2.27. The van der Waals surface area contributed by atoms with Gasteiger partial charge in [0.2, 0.25) is 0 Å². The van der Waals surface area contributed by atoms with Crippen molar-refractivity contribution in [3.63, 3.8) is 0 Å². The molecule has 0 radical (unpaired) electrons. The van der Waals surface area contributed by atoms with Gasteiger partial charge in [-0.2, -0.15) is 0 Å². The molecule has 98 valence electrons. The molecule has 0 bridgehead atoms. The number of hydrogen-bond donors (Lipinski definition) is 2. The van der Waals surface area contributed by atoms with E-state index in [-0.39, 0.29) is 0 Å². The van der Waals surface area contributed by atoms with Crippen molar-refractivity contribution in [1.29, 1.82) is 0 Å². The van der Waals surface area contributed by atoms with E-state index in [2.05, 4.69) is 0 Å². The third-order valence-electron chi connectivity index (χ3n) is 3.72. The number of ether oxygens (including phenoxy) is 1. The van der Waals surface area contributed by atoms with Crippen LogP contribution in [0.1, 0.15) is 37.3 Å². The summed E-state index contributed by atoms with van der Waals surface area (Å²) in [6, 6.07) is 5.65. The number of carbonyl (C=O) groups is 1. The lowest BCUT2D eigenvalue weighted by Crippen LogP contribution is -2.29. The van der Waals surface area contributed by atoms with Gasteiger partial charge in [-0.05, 0) is 44.0 Å². The Morgan fingerprint density at radius 2 is 2.28 bits per heavy atom. The molecule has 0 saturated carbocycles. The van der Waals surface area contributed by atoms with Gasteiger partial charge in [-0.1, -0.05) is 12.1 Å². The zero-order valence-corrected chi connectivity index (χ0v) is 10.8. The second kappa shape index (κ2) is 4.61. The van der Waals surface area contributed by atoms with Crippen molar-refractivity contribution < 1.29 is 14.6 Å². The van der Waals surface area contributed by atoms with E-state index in [1.165, 1.54) is 0 Å². The molecule has 3 N–H and O–H groups in total. The van der Waals surface area contributed by atoms with Crippen LogP contribution in [-0.4, -0.2) is 24.2 Å². The topological polar surface area (TPSA) is 72.5 Å². The number of carboxylic acids is 1. The van der Waals surface area contributed by atoms with Crippen LogP contribution in [-0.2, 0) is 10.2 Å². The van der Waals surface area contributed by atoms with Crippen molar-refractivity contribution in [1.82, 2.24) is 0 Å². The average molecular weight is 249 g/mol. The van der Waals surface area contributed by atoms with Gasteiger partial charge in [0, 0.05) is 5.92 Å². The van der Waals surface area contributed by atoms with Crippen molar-refractivity contribution in [3.8, 4) is 5.75 Å². The summed E-state index contributed by atoms with van der Waals surface area (Å²) in [4.78, 5) is 11.2. The Morgan fingerprint density at radius 1 is 1.56 bits per heavy atom. The molecule has 4 heteroatoms. The van der Waals surface area contributed by atoms with Crippen molar-refractivity contribution in [2.24, 2.45) is 5.73 Å². The highest BCUT2D eigenvalue weighted by molar-refractivity contribution is 5.80. The normalized spacial score (nSPS) is 18.9. The third-order valence-corrected chi connectivity index (χ3v) is 3.72. The molecule has 2 rings (SSSR count). The molecule has 0 saturated heterocycles. The van der Waals surface area contributed by atoms with Gasteiger partial charge in [-0.3, -0.25) is 4.79 Å². The second-order valence-electron chi connectivity index (χ2n) is 5.25. The molecule has 0 spiro atoms. The van der Waals surface area contributed by atoms with Crippen LogP contribution in [0.2, 0.25) is 0 Å². The minimum Gasteiger partial charge on any atom is -0.493 e. The van der Waals surface area contributed by atoms with Crippen LogP contribution < -0.4 is 10.5 Å². The van der Waals surface area contributed by atoms with E-state index >= 15 is 0 Å². The van der Waals surface area contributed by atoms with Crippen LogP contribution in [0.15, 0.2) is 18.2 Å². The molecule has 1 aliphatic rings. The number of hydrogen-bond acceptors (Lipinski definition) is 3.